The Balaban J connectivity index is 1.96. The number of hydrogen-bond acceptors (Lipinski definition) is 3. The Labute approximate surface area is 134 Å². The van der Waals surface area contributed by atoms with E-state index in [0.29, 0.717) is 30.6 Å². The van der Waals surface area contributed by atoms with Crippen molar-refractivity contribution in [1.82, 2.24) is 9.88 Å². The maximum atomic E-state index is 12.5. The number of aliphatic hydroxyl groups excluding tert-OH is 1. The summed E-state index contributed by atoms with van der Waals surface area (Å²) >= 11 is 0. The molecule has 2 aromatic rings. The van der Waals surface area contributed by atoms with Crippen molar-refractivity contribution in [1.29, 1.82) is 0 Å². The van der Waals surface area contributed by atoms with Gasteiger partial charge in [-0.2, -0.15) is 0 Å². The molecule has 3 rings (SSSR count). The Morgan fingerprint density at radius 2 is 2.09 bits per heavy atom. The molecule has 5 nitrogen and oxygen atoms in total. The molecule has 1 aliphatic rings. The number of amides is 1. The van der Waals surface area contributed by atoms with Gasteiger partial charge in [0.15, 0.2) is 0 Å². The second-order valence-electron chi connectivity index (χ2n) is 6.09. The summed E-state index contributed by atoms with van der Waals surface area (Å²) in [4.78, 5) is 29.2. The van der Waals surface area contributed by atoms with E-state index in [4.69, 9.17) is 0 Å². The minimum atomic E-state index is -0.440. The van der Waals surface area contributed by atoms with Crippen LogP contribution >= 0.6 is 0 Å². The van der Waals surface area contributed by atoms with Crippen molar-refractivity contribution >= 4 is 5.91 Å². The number of aliphatic hydroxyl groups is 1. The summed E-state index contributed by atoms with van der Waals surface area (Å²) in [5, 5.41) is 9.58. The van der Waals surface area contributed by atoms with E-state index in [1.165, 1.54) is 0 Å². The van der Waals surface area contributed by atoms with E-state index >= 15 is 0 Å². The van der Waals surface area contributed by atoms with Crippen molar-refractivity contribution in [3.63, 3.8) is 0 Å². The number of carbonyl (C=O) groups excluding carboxylic acids is 1. The fraction of sp³-hybridized carbons (Fsp3) is 0.333. The van der Waals surface area contributed by atoms with Gasteiger partial charge in [-0.05, 0) is 49.6 Å². The number of nitrogens with zero attached hydrogens (tertiary/aromatic N) is 1. The second kappa shape index (κ2) is 6.01. The van der Waals surface area contributed by atoms with Gasteiger partial charge in [0.05, 0.1) is 6.10 Å². The molecule has 2 heterocycles. The molecule has 5 heteroatoms. The molecule has 1 aromatic heterocycles. The van der Waals surface area contributed by atoms with Crippen LogP contribution in [0.4, 0.5) is 0 Å². The lowest BCUT2D eigenvalue weighted by molar-refractivity contribution is 0.0765. The molecule has 1 saturated heterocycles. The number of H-pyrrole nitrogens is 1. The lowest BCUT2D eigenvalue weighted by atomic mass is 10.0. The molecule has 2 N–H and O–H groups in total. The monoisotopic (exact) mass is 312 g/mol. The molecule has 1 unspecified atom stereocenters. The summed E-state index contributed by atoms with van der Waals surface area (Å²) in [5.74, 6) is -0.108. The lowest BCUT2D eigenvalue weighted by Crippen LogP contribution is -2.29. The number of nitrogens with one attached hydrogen (secondary N) is 1. The summed E-state index contributed by atoms with van der Waals surface area (Å²) in [7, 11) is 0. The van der Waals surface area contributed by atoms with E-state index in [-0.39, 0.29) is 11.5 Å². The van der Waals surface area contributed by atoms with Crippen molar-refractivity contribution in [3.8, 4) is 11.1 Å². The standard InChI is InChI=1S/C18H20N2O3/c1-11-8-16(17(22)19-12(11)2)13-4-3-5-14(9-13)18(23)20-7-6-15(21)10-20/h3-5,8-9,15,21H,6-7,10H2,1-2H3,(H,19,22). The first-order chi connectivity index (χ1) is 11.0. The van der Waals surface area contributed by atoms with Crippen LogP contribution in [0.1, 0.15) is 28.0 Å². The van der Waals surface area contributed by atoms with Gasteiger partial charge in [-0.15, -0.1) is 0 Å². The van der Waals surface area contributed by atoms with Gasteiger partial charge in [0, 0.05) is 29.9 Å². The van der Waals surface area contributed by atoms with Gasteiger partial charge in [-0.25, -0.2) is 0 Å². The van der Waals surface area contributed by atoms with Gasteiger partial charge in [-0.1, -0.05) is 12.1 Å². The highest BCUT2D eigenvalue weighted by Gasteiger charge is 2.25. The first-order valence-electron chi connectivity index (χ1n) is 7.74. The van der Waals surface area contributed by atoms with E-state index in [2.05, 4.69) is 4.98 Å². The van der Waals surface area contributed by atoms with Crippen molar-refractivity contribution in [3.05, 3.63) is 57.5 Å². The zero-order chi connectivity index (χ0) is 16.6. The molecule has 1 aromatic carbocycles. The molecule has 0 aliphatic carbocycles. The van der Waals surface area contributed by atoms with Crippen molar-refractivity contribution < 1.29 is 9.90 Å². The Morgan fingerprint density at radius 3 is 2.78 bits per heavy atom. The number of hydrogen-bond donors (Lipinski definition) is 2. The zero-order valence-corrected chi connectivity index (χ0v) is 13.3. The van der Waals surface area contributed by atoms with Crippen LogP contribution < -0.4 is 5.56 Å². The lowest BCUT2D eigenvalue weighted by Gasteiger charge is -2.16. The maximum absolute atomic E-state index is 12.5. The number of aromatic nitrogens is 1. The molecular formula is C18H20N2O3. The first-order valence-corrected chi connectivity index (χ1v) is 7.74. The Morgan fingerprint density at radius 1 is 1.30 bits per heavy atom. The molecule has 120 valence electrons. The SMILES string of the molecule is Cc1cc(-c2cccc(C(=O)N3CCC(O)C3)c2)c(=O)[nH]c1C. The molecule has 23 heavy (non-hydrogen) atoms. The van der Waals surface area contributed by atoms with Gasteiger partial charge in [0.25, 0.3) is 11.5 Å². The summed E-state index contributed by atoms with van der Waals surface area (Å²) < 4.78 is 0. The maximum Gasteiger partial charge on any atom is 0.256 e. The van der Waals surface area contributed by atoms with Crippen LogP contribution in [0.5, 0.6) is 0 Å². The van der Waals surface area contributed by atoms with Gasteiger partial charge in [-0.3, -0.25) is 9.59 Å². The number of aryl methyl sites for hydroxylation is 2. The number of likely N-dealkylation sites (tertiary alicyclic amines) is 1. The third kappa shape index (κ3) is 3.05. The van der Waals surface area contributed by atoms with Gasteiger partial charge in [0.2, 0.25) is 0 Å². The average Bonchev–Trinajstić information content (AvgIpc) is 2.97. The Hall–Kier alpha value is -2.40. The molecule has 1 amide bonds. The van der Waals surface area contributed by atoms with Crippen molar-refractivity contribution in [2.75, 3.05) is 13.1 Å². The smallest absolute Gasteiger partial charge is 0.256 e. The predicted octanol–water partition coefficient (Wildman–Crippen LogP) is 1.87. The molecule has 0 saturated carbocycles. The molecule has 0 bridgehead atoms. The van der Waals surface area contributed by atoms with Crippen LogP contribution in [0.15, 0.2) is 35.1 Å². The molecule has 0 radical (unpaired) electrons. The molecule has 1 atom stereocenters. The summed E-state index contributed by atoms with van der Waals surface area (Å²) in [6.45, 7) is 4.73. The zero-order valence-electron chi connectivity index (χ0n) is 13.3. The van der Waals surface area contributed by atoms with Gasteiger partial charge < -0.3 is 15.0 Å². The van der Waals surface area contributed by atoms with Crippen LogP contribution in [-0.2, 0) is 0 Å². The molecular weight excluding hydrogens is 292 g/mol. The minimum Gasteiger partial charge on any atom is -0.391 e. The van der Waals surface area contributed by atoms with Crippen LogP contribution in [0.3, 0.4) is 0 Å². The number of benzene rings is 1. The number of rotatable bonds is 2. The summed E-state index contributed by atoms with van der Waals surface area (Å²) in [6.07, 6.45) is 0.173. The van der Waals surface area contributed by atoms with E-state index in [1.807, 2.05) is 26.0 Å². The predicted molar refractivity (Wildman–Crippen MR) is 88.5 cm³/mol. The van der Waals surface area contributed by atoms with Crippen molar-refractivity contribution in [2.24, 2.45) is 0 Å². The van der Waals surface area contributed by atoms with Crippen LogP contribution in [-0.4, -0.2) is 40.1 Å². The molecule has 0 spiro atoms. The fourth-order valence-corrected chi connectivity index (χ4v) is 2.87. The summed E-state index contributed by atoms with van der Waals surface area (Å²) in [6, 6.07) is 8.94. The highest BCUT2D eigenvalue weighted by molar-refractivity contribution is 5.95. The van der Waals surface area contributed by atoms with Gasteiger partial charge >= 0.3 is 0 Å². The fourth-order valence-electron chi connectivity index (χ4n) is 2.87. The second-order valence-corrected chi connectivity index (χ2v) is 6.09. The minimum absolute atomic E-state index is 0.108. The quantitative estimate of drug-likeness (QED) is 0.889. The third-order valence-electron chi connectivity index (χ3n) is 4.37. The Bertz CT molecular complexity index is 810. The van der Waals surface area contributed by atoms with Crippen LogP contribution in [0.25, 0.3) is 11.1 Å². The highest BCUT2D eigenvalue weighted by Crippen LogP contribution is 2.21. The Kier molecular flexibility index (Phi) is 4.05. The van der Waals surface area contributed by atoms with E-state index in [1.54, 1.807) is 23.1 Å². The number of pyridine rings is 1. The number of β-amino-alcohol motifs (C(OH)–C–C–N with tert-alkyl or cyclic N) is 1. The largest absolute Gasteiger partial charge is 0.391 e. The van der Waals surface area contributed by atoms with Crippen LogP contribution in [0.2, 0.25) is 0 Å². The van der Waals surface area contributed by atoms with Crippen molar-refractivity contribution in [2.45, 2.75) is 26.4 Å². The normalized spacial score (nSPS) is 17.5. The van der Waals surface area contributed by atoms with E-state index in [0.717, 1.165) is 16.8 Å². The molecule has 1 aliphatic heterocycles. The highest BCUT2D eigenvalue weighted by atomic mass is 16.3. The first kappa shape index (κ1) is 15.5. The number of carbonyl (C=O) groups is 1. The van der Waals surface area contributed by atoms with E-state index in [9.17, 15) is 14.7 Å². The number of aromatic amines is 1. The van der Waals surface area contributed by atoms with E-state index < -0.39 is 6.10 Å². The third-order valence-corrected chi connectivity index (χ3v) is 4.37. The van der Waals surface area contributed by atoms with Gasteiger partial charge in [0.1, 0.15) is 0 Å². The molecule has 1 fully saturated rings. The average molecular weight is 312 g/mol. The van der Waals surface area contributed by atoms with Crippen LogP contribution in [0, 0.1) is 13.8 Å². The topological polar surface area (TPSA) is 73.4 Å². The summed E-state index contributed by atoms with van der Waals surface area (Å²) in [5.41, 5.74) is 3.50.